The lowest BCUT2D eigenvalue weighted by Crippen LogP contribution is -1.96. The fraction of sp³-hybridized carbons (Fsp3) is 0.250. The number of hydrogen-bond acceptors (Lipinski definition) is 3. The van der Waals surface area contributed by atoms with E-state index in [1.165, 1.54) is 0 Å². The van der Waals surface area contributed by atoms with Gasteiger partial charge in [0.1, 0.15) is 0 Å². The van der Waals surface area contributed by atoms with Crippen LogP contribution in [0, 0.1) is 0 Å². The number of fused-ring (bicyclic) bond motifs is 1. The van der Waals surface area contributed by atoms with Crippen LogP contribution < -0.4 is 0 Å². The molecule has 2 aromatic rings. The molecule has 2 rings (SSSR count). The molecule has 0 bridgehead atoms. The fourth-order valence-corrected chi connectivity index (χ4v) is 1.19. The molecule has 62 valence electrons. The zero-order chi connectivity index (χ0) is 8.55. The van der Waals surface area contributed by atoms with Gasteiger partial charge in [0.2, 0.25) is 0 Å². The van der Waals surface area contributed by atoms with E-state index in [-0.39, 0.29) is 5.25 Å². The van der Waals surface area contributed by atoms with Crippen LogP contribution in [0.5, 0.6) is 0 Å². The smallest absolute Gasteiger partial charge is 0.153 e. The Morgan fingerprint density at radius 1 is 1.50 bits per heavy atom. The first-order valence-electron chi connectivity index (χ1n) is 3.76. The zero-order valence-electron chi connectivity index (χ0n) is 6.68. The topological polar surface area (TPSA) is 30.2 Å². The van der Waals surface area contributed by atoms with Crippen LogP contribution in [-0.2, 0) is 0 Å². The van der Waals surface area contributed by atoms with Gasteiger partial charge in [0, 0.05) is 17.6 Å². The Bertz CT molecular complexity index is 394. The molecule has 1 unspecified atom stereocenters. The summed E-state index contributed by atoms with van der Waals surface area (Å²) in [6.45, 7) is 1.99. The van der Waals surface area contributed by atoms with E-state index < -0.39 is 0 Å². The Morgan fingerprint density at radius 2 is 2.33 bits per heavy atom. The summed E-state index contributed by atoms with van der Waals surface area (Å²) in [6.07, 6.45) is 3.56. The van der Waals surface area contributed by atoms with E-state index in [2.05, 4.69) is 22.7 Å². The molecule has 0 amide bonds. The van der Waals surface area contributed by atoms with Crippen LogP contribution in [-0.4, -0.2) is 14.6 Å². The Labute approximate surface area is 75.8 Å². The summed E-state index contributed by atoms with van der Waals surface area (Å²) >= 11 is 4.30. The number of thiol groups is 1. The first-order valence-corrected chi connectivity index (χ1v) is 4.27. The van der Waals surface area contributed by atoms with Crippen molar-refractivity contribution in [3.8, 4) is 0 Å². The Balaban J connectivity index is 2.60. The summed E-state index contributed by atoms with van der Waals surface area (Å²) in [7, 11) is 0. The first kappa shape index (κ1) is 7.61. The van der Waals surface area contributed by atoms with Crippen molar-refractivity contribution in [2.75, 3.05) is 0 Å². The van der Waals surface area contributed by atoms with Gasteiger partial charge in [0.15, 0.2) is 5.65 Å². The van der Waals surface area contributed by atoms with Crippen molar-refractivity contribution >= 4 is 18.3 Å². The molecule has 12 heavy (non-hydrogen) atoms. The number of aromatic nitrogens is 3. The number of imidazole rings is 1. The average Bonchev–Trinajstić information content (AvgIpc) is 2.49. The lowest BCUT2D eigenvalue weighted by molar-refractivity contribution is 0.855. The van der Waals surface area contributed by atoms with Crippen molar-refractivity contribution in [3.05, 3.63) is 30.2 Å². The van der Waals surface area contributed by atoms with E-state index in [0.717, 1.165) is 11.3 Å². The van der Waals surface area contributed by atoms with Gasteiger partial charge >= 0.3 is 0 Å². The van der Waals surface area contributed by atoms with Gasteiger partial charge in [-0.25, -0.2) is 9.50 Å². The van der Waals surface area contributed by atoms with Crippen molar-refractivity contribution in [2.24, 2.45) is 0 Å². The molecule has 2 aromatic heterocycles. The third kappa shape index (κ3) is 1.18. The molecule has 0 saturated heterocycles. The van der Waals surface area contributed by atoms with Crippen molar-refractivity contribution in [1.82, 2.24) is 14.6 Å². The van der Waals surface area contributed by atoms with Gasteiger partial charge in [-0.3, -0.25) is 0 Å². The minimum Gasteiger partial charge on any atom is -0.236 e. The van der Waals surface area contributed by atoms with Gasteiger partial charge in [-0.1, -0.05) is 0 Å². The monoisotopic (exact) mass is 179 g/mol. The molecule has 4 heteroatoms. The Morgan fingerprint density at radius 3 is 3.08 bits per heavy atom. The Hall–Kier alpha value is -1.03. The third-order valence-electron chi connectivity index (χ3n) is 1.70. The molecule has 0 aliphatic heterocycles. The van der Waals surface area contributed by atoms with E-state index in [9.17, 15) is 0 Å². The zero-order valence-corrected chi connectivity index (χ0v) is 7.57. The molecule has 2 heterocycles. The minimum absolute atomic E-state index is 0.164. The second kappa shape index (κ2) is 2.79. The second-order valence-corrected chi connectivity index (χ2v) is 3.44. The summed E-state index contributed by atoms with van der Waals surface area (Å²) < 4.78 is 1.75. The third-order valence-corrected chi connectivity index (χ3v) is 1.97. The summed E-state index contributed by atoms with van der Waals surface area (Å²) in [5, 5.41) is 4.48. The van der Waals surface area contributed by atoms with Crippen molar-refractivity contribution in [3.63, 3.8) is 0 Å². The lowest BCUT2D eigenvalue weighted by Gasteiger charge is -2.02. The molecule has 0 spiro atoms. The van der Waals surface area contributed by atoms with E-state index in [0.29, 0.717) is 0 Å². The van der Waals surface area contributed by atoms with Crippen LogP contribution in [0.25, 0.3) is 5.65 Å². The first-order chi connectivity index (χ1) is 5.77. The van der Waals surface area contributed by atoms with E-state index in [1.807, 2.05) is 25.3 Å². The van der Waals surface area contributed by atoms with Crippen molar-refractivity contribution in [1.29, 1.82) is 0 Å². The maximum absolute atomic E-state index is 4.31. The van der Waals surface area contributed by atoms with Gasteiger partial charge in [-0.15, -0.1) is 0 Å². The van der Waals surface area contributed by atoms with Crippen LogP contribution >= 0.6 is 12.6 Å². The SMILES string of the molecule is CC(S)c1ccc2nccn2n1. The van der Waals surface area contributed by atoms with E-state index >= 15 is 0 Å². The molecular weight excluding hydrogens is 170 g/mol. The van der Waals surface area contributed by atoms with Gasteiger partial charge in [-0.2, -0.15) is 17.7 Å². The number of hydrogen-bond donors (Lipinski definition) is 1. The molecule has 0 aliphatic rings. The molecule has 0 N–H and O–H groups in total. The van der Waals surface area contributed by atoms with Gasteiger partial charge in [0.05, 0.1) is 5.69 Å². The van der Waals surface area contributed by atoms with Gasteiger partial charge in [0.25, 0.3) is 0 Å². The summed E-state index contributed by atoms with van der Waals surface area (Å²) in [6, 6.07) is 3.88. The Kier molecular flexibility index (Phi) is 1.77. The van der Waals surface area contributed by atoms with Crippen LogP contribution in [0.15, 0.2) is 24.5 Å². The second-order valence-electron chi connectivity index (χ2n) is 2.66. The van der Waals surface area contributed by atoms with E-state index in [4.69, 9.17) is 0 Å². The fourth-order valence-electron chi connectivity index (χ4n) is 1.05. The molecule has 0 radical (unpaired) electrons. The molecule has 3 nitrogen and oxygen atoms in total. The van der Waals surface area contributed by atoms with E-state index in [1.54, 1.807) is 10.7 Å². The van der Waals surface area contributed by atoms with Crippen LogP contribution in [0.2, 0.25) is 0 Å². The summed E-state index contributed by atoms with van der Waals surface area (Å²) in [5.74, 6) is 0. The highest BCUT2D eigenvalue weighted by Crippen LogP contribution is 2.15. The highest BCUT2D eigenvalue weighted by Gasteiger charge is 2.02. The van der Waals surface area contributed by atoms with Crippen LogP contribution in [0.1, 0.15) is 17.9 Å². The quantitative estimate of drug-likeness (QED) is 0.676. The van der Waals surface area contributed by atoms with Crippen molar-refractivity contribution in [2.45, 2.75) is 12.2 Å². The normalized spacial score (nSPS) is 13.5. The molecule has 1 atom stereocenters. The minimum atomic E-state index is 0.164. The molecular formula is C8H9N3S. The maximum Gasteiger partial charge on any atom is 0.153 e. The summed E-state index contributed by atoms with van der Waals surface area (Å²) in [5.41, 5.74) is 1.83. The molecule has 0 fully saturated rings. The largest absolute Gasteiger partial charge is 0.236 e. The predicted octanol–water partition coefficient (Wildman–Crippen LogP) is 1.72. The molecule has 0 aliphatic carbocycles. The van der Waals surface area contributed by atoms with Gasteiger partial charge < -0.3 is 0 Å². The van der Waals surface area contributed by atoms with Crippen LogP contribution in [0.4, 0.5) is 0 Å². The predicted molar refractivity (Wildman–Crippen MR) is 50.4 cm³/mol. The van der Waals surface area contributed by atoms with Crippen molar-refractivity contribution < 1.29 is 0 Å². The molecule has 0 saturated carbocycles. The number of nitrogens with zero attached hydrogens (tertiary/aromatic N) is 3. The van der Waals surface area contributed by atoms with Gasteiger partial charge in [-0.05, 0) is 19.1 Å². The summed E-state index contributed by atoms with van der Waals surface area (Å²) in [4.78, 5) is 4.09. The average molecular weight is 179 g/mol. The highest BCUT2D eigenvalue weighted by molar-refractivity contribution is 7.80. The number of rotatable bonds is 1. The maximum atomic E-state index is 4.31. The molecule has 0 aromatic carbocycles. The lowest BCUT2D eigenvalue weighted by atomic mass is 10.3. The standard InChI is InChI=1S/C8H9N3S/c1-6(12)7-2-3-8-9-4-5-11(8)10-7/h2-6,12H,1H3. The highest BCUT2D eigenvalue weighted by atomic mass is 32.1. The van der Waals surface area contributed by atoms with Crippen LogP contribution in [0.3, 0.4) is 0 Å².